The summed E-state index contributed by atoms with van der Waals surface area (Å²) < 4.78 is 14.3. The van der Waals surface area contributed by atoms with Gasteiger partial charge in [-0.2, -0.15) is 0 Å². The van der Waals surface area contributed by atoms with Crippen LogP contribution in [0.4, 0.5) is 14.9 Å². The maximum absolute atomic E-state index is 14.3. The number of rotatable bonds is 6. The van der Waals surface area contributed by atoms with E-state index >= 15 is 0 Å². The van der Waals surface area contributed by atoms with Crippen LogP contribution in [0.25, 0.3) is 0 Å². The summed E-state index contributed by atoms with van der Waals surface area (Å²) in [6.07, 6.45) is 4.80. The number of unbranched alkanes of at least 4 members (excludes halogenated alkanes) is 1. The highest BCUT2D eigenvalue weighted by Gasteiger charge is 2.28. The van der Waals surface area contributed by atoms with Crippen LogP contribution in [0.3, 0.4) is 0 Å². The average Bonchev–Trinajstić information content (AvgIpc) is 2.69. The van der Waals surface area contributed by atoms with Crippen molar-refractivity contribution in [2.24, 2.45) is 5.92 Å². The van der Waals surface area contributed by atoms with Crippen molar-refractivity contribution in [2.45, 2.75) is 38.5 Å². The van der Waals surface area contributed by atoms with Crippen LogP contribution in [-0.2, 0) is 4.79 Å². The zero-order chi connectivity index (χ0) is 20.1. The zero-order valence-corrected chi connectivity index (χ0v) is 15.8. The third-order valence-electron chi connectivity index (χ3n) is 5.46. The number of likely N-dealkylation sites (tertiary alicyclic amines) is 1. The van der Waals surface area contributed by atoms with Crippen molar-refractivity contribution in [1.82, 2.24) is 10.2 Å². The number of imide groups is 1. The number of nitrogens with one attached hydrogen (secondary N) is 1. The number of hydrogen-bond donors (Lipinski definition) is 2. The Labute approximate surface area is 163 Å². The average molecular weight is 391 g/mol. The lowest BCUT2D eigenvalue weighted by atomic mass is 9.91. The molecule has 152 valence electrons. The molecule has 0 atom stereocenters. The zero-order valence-electron chi connectivity index (χ0n) is 15.8. The lowest BCUT2D eigenvalue weighted by molar-refractivity contribution is -0.120. The van der Waals surface area contributed by atoms with Gasteiger partial charge in [-0.3, -0.25) is 19.8 Å². The van der Waals surface area contributed by atoms with Crippen molar-refractivity contribution in [2.75, 3.05) is 31.1 Å². The molecular weight excluding hydrogens is 365 g/mol. The first kappa shape index (κ1) is 20.3. The summed E-state index contributed by atoms with van der Waals surface area (Å²) in [5, 5.41) is 11.0. The molecule has 2 saturated heterocycles. The number of amides is 4. The Bertz CT molecular complexity index is 747. The number of piperidine rings is 1. The summed E-state index contributed by atoms with van der Waals surface area (Å²) in [5.41, 5.74) is 0.342. The predicted octanol–water partition coefficient (Wildman–Crippen LogP) is 2.29. The number of aliphatic hydroxyl groups is 1. The van der Waals surface area contributed by atoms with Gasteiger partial charge >= 0.3 is 6.03 Å². The molecule has 2 N–H and O–H groups in total. The Balaban J connectivity index is 1.65. The Morgan fingerprint density at radius 2 is 1.93 bits per heavy atom. The molecule has 0 aliphatic carbocycles. The number of hydrogen-bond acceptors (Lipinski definition) is 4. The van der Waals surface area contributed by atoms with E-state index in [9.17, 15) is 18.8 Å². The van der Waals surface area contributed by atoms with Crippen molar-refractivity contribution in [3.05, 3.63) is 29.6 Å². The maximum Gasteiger partial charge on any atom is 0.328 e. The normalized spacial score (nSPS) is 18.4. The Morgan fingerprint density at radius 1 is 1.18 bits per heavy atom. The smallest absolute Gasteiger partial charge is 0.328 e. The number of aliphatic hydroxyl groups excluding tert-OH is 1. The van der Waals surface area contributed by atoms with E-state index in [1.165, 1.54) is 18.2 Å². The van der Waals surface area contributed by atoms with E-state index in [-0.39, 0.29) is 31.2 Å². The number of nitrogens with zero attached hydrogens (tertiary/aromatic N) is 2. The Hall–Kier alpha value is -2.48. The quantitative estimate of drug-likeness (QED) is 0.728. The summed E-state index contributed by atoms with van der Waals surface area (Å²) in [6.45, 7) is 1.59. The molecule has 7 nitrogen and oxygen atoms in total. The second-order valence-corrected chi connectivity index (χ2v) is 7.38. The van der Waals surface area contributed by atoms with Crippen molar-refractivity contribution in [1.29, 1.82) is 0 Å². The van der Waals surface area contributed by atoms with E-state index in [1.54, 1.807) is 4.90 Å². The van der Waals surface area contributed by atoms with Crippen LogP contribution in [0.15, 0.2) is 18.2 Å². The standard InChI is InChI=1S/C20H26FN3O4/c21-16-5-4-15(13-17(16)24-11-8-18(26)22-20(24)28)19(27)23-9-6-14(7-10-23)3-1-2-12-25/h4-5,13-14,25H,1-3,6-12H2,(H,22,26,28). The maximum atomic E-state index is 14.3. The van der Waals surface area contributed by atoms with Gasteiger partial charge in [0.1, 0.15) is 5.82 Å². The van der Waals surface area contributed by atoms with Gasteiger partial charge in [0.05, 0.1) is 5.69 Å². The number of carbonyl (C=O) groups is 3. The van der Waals surface area contributed by atoms with Gasteiger partial charge in [0.15, 0.2) is 0 Å². The summed E-state index contributed by atoms with van der Waals surface area (Å²) >= 11 is 0. The van der Waals surface area contributed by atoms with Crippen LogP contribution in [-0.4, -0.2) is 54.1 Å². The van der Waals surface area contributed by atoms with Crippen LogP contribution < -0.4 is 10.2 Å². The third kappa shape index (κ3) is 4.67. The van der Waals surface area contributed by atoms with E-state index in [2.05, 4.69) is 5.32 Å². The van der Waals surface area contributed by atoms with E-state index in [0.29, 0.717) is 24.6 Å². The number of carbonyl (C=O) groups excluding carboxylic acids is 3. The Morgan fingerprint density at radius 3 is 2.61 bits per heavy atom. The molecule has 0 bridgehead atoms. The molecule has 2 aliphatic heterocycles. The predicted molar refractivity (Wildman–Crippen MR) is 101 cm³/mol. The highest BCUT2D eigenvalue weighted by atomic mass is 19.1. The van der Waals surface area contributed by atoms with Gasteiger partial charge in [0, 0.05) is 38.2 Å². The minimum atomic E-state index is -0.677. The van der Waals surface area contributed by atoms with Gasteiger partial charge in [0.2, 0.25) is 5.91 Å². The highest BCUT2D eigenvalue weighted by molar-refractivity contribution is 6.06. The van der Waals surface area contributed by atoms with Gasteiger partial charge in [-0.25, -0.2) is 9.18 Å². The van der Waals surface area contributed by atoms with E-state index < -0.39 is 17.8 Å². The van der Waals surface area contributed by atoms with E-state index in [0.717, 1.165) is 37.0 Å². The molecule has 2 aliphatic rings. The number of benzene rings is 1. The minimum Gasteiger partial charge on any atom is -0.396 e. The molecule has 4 amide bonds. The highest BCUT2D eigenvalue weighted by Crippen LogP contribution is 2.26. The molecule has 0 aromatic heterocycles. The molecular formula is C20H26FN3O4. The molecule has 0 radical (unpaired) electrons. The van der Waals surface area contributed by atoms with Crippen molar-refractivity contribution < 1.29 is 23.9 Å². The first-order valence-electron chi connectivity index (χ1n) is 9.80. The fourth-order valence-corrected chi connectivity index (χ4v) is 3.80. The Kier molecular flexibility index (Phi) is 6.61. The van der Waals surface area contributed by atoms with Crippen LogP contribution in [0.1, 0.15) is 48.9 Å². The van der Waals surface area contributed by atoms with Gasteiger partial charge in [-0.05, 0) is 43.4 Å². The van der Waals surface area contributed by atoms with Gasteiger partial charge in [-0.1, -0.05) is 12.8 Å². The first-order chi connectivity index (χ1) is 13.5. The van der Waals surface area contributed by atoms with Crippen molar-refractivity contribution >= 4 is 23.5 Å². The molecule has 0 unspecified atom stereocenters. The second kappa shape index (κ2) is 9.14. The largest absolute Gasteiger partial charge is 0.396 e. The van der Waals surface area contributed by atoms with Gasteiger partial charge in [0.25, 0.3) is 5.91 Å². The monoisotopic (exact) mass is 391 g/mol. The molecule has 8 heteroatoms. The number of halogens is 1. The van der Waals surface area contributed by atoms with Gasteiger partial charge < -0.3 is 10.0 Å². The second-order valence-electron chi connectivity index (χ2n) is 7.38. The SMILES string of the molecule is O=C1CCN(c2cc(C(=O)N3CCC(CCCCO)CC3)ccc2F)C(=O)N1. The van der Waals surface area contributed by atoms with Gasteiger partial charge in [-0.15, -0.1) is 0 Å². The summed E-state index contributed by atoms with van der Waals surface area (Å²) in [6, 6.07) is 3.33. The van der Waals surface area contributed by atoms with Crippen LogP contribution in [0.5, 0.6) is 0 Å². The van der Waals surface area contributed by atoms with Crippen molar-refractivity contribution in [3.8, 4) is 0 Å². The number of urea groups is 1. The molecule has 3 rings (SSSR count). The molecule has 0 spiro atoms. The lowest BCUT2D eigenvalue weighted by Gasteiger charge is -2.32. The third-order valence-corrected chi connectivity index (χ3v) is 5.46. The van der Waals surface area contributed by atoms with Crippen LogP contribution >= 0.6 is 0 Å². The molecule has 2 heterocycles. The minimum absolute atomic E-state index is 0.00902. The fraction of sp³-hybridized carbons (Fsp3) is 0.550. The summed E-state index contributed by atoms with van der Waals surface area (Å²) in [4.78, 5) is 39.1. The topological polar surface area (TPSA) is 90.0 Å². The molecule has 1 aromatic rings. The van der Waals surface area contributed by atoms with E-state index in [4.69, 9.17) is 5.11 Å². The summed E-state index contributed by atoms with van der Waals surface area (Å²) in [7, 11) is 0. The molecule has 2 fully saturated rings. The fourth-order valence-electron chi connectivity index (χ4n) is 3.80. The molecule has 1 aromatic carbocycles. The molecule has 0 saturated carbocycles. The lowest BCUT2D eigenvalue weighted by Crippen LogP contribution is -2.50. The van der Waals surface area contributed by atoms with Crippen LogP contribution in [0, 0.1) is 11.7 Å². The number of anilines is 1. The van der Waals surface area contributed by atoms with Crippen LogP contribution in [0.2, 0.25) is 0 Å². The first-order valence-corrected chi connectivity index (χ1v) is 9.80. The summed E-state index contributed by atoms with van der Waals surface area (Å²) in [5.74, 6) is -0.614. The van der Waals surface area contributed by atoms with Crippen molar-refractivity contribution in [3.63, 3.8) is 0 Å². The van der Waals surface area contributed by atoms with E-state index in [1.807, 2.05) is 0 Å². The molecule has 28 heavy (non-hydrogen) atoms.